The Morgan fingerprint density at radius 1 is 1.28 bits per heavy atom. The summed E-state index contributed by atoms with van der Waals surface area (Å²) in [6, 6.07) is 5.43. The van der Waals surface area contributed by atoms with Gasteiger partial charge in [0.2, 0.25) is 5.88 Å². The second-order valence-corrected chi connectivity index (χ2v) is 4.60. The van der Waals surface area contributed by atoms with Crippen molar-refractivity contribution in [2.24, 2.45) is 0 Å². The maximum atomic E-state index is 5.90. The van der Waals surface area contributed by atoms with Crippen LogP contribution in [0.3, 0.4) is 0 Å². The molecule has 1 aromatic heterocycles. The van der Waals surface area contributed by atoms with Crippen molar-refractivity contribution in [3.05, 3.63) is 46.4 Å². The standard InChI is InChI=1S/C13H12Cl2N2O/c1-8-5-11(15)3-4-12(8)18-13-10(6-14)7-16-9(2)17-13/h3-5,7H,6H2,1-2H3. The predicted octanol–water partition coefficient (Wildman–Crippen LogP) is 4.28. The van der Waals surface area contributed by atoms with Gasteiger partial charge < -0.3 is 4.74 Å². The van der Waals surface area contributed by atoms with E-state index >= 15 is 0 Å². The average molecular weight is 283 g/mol. The lowest BCUT2D eigenvalue weighted by molar-refractivity contribution is 0.451. The fraction of sp³-hybridized carbons (Fsp3) is 0.231. The summed E-state index contributed by atoms with van der Waals surface area (Å²) in [5, 5.41) is 0.677. The third kappa shape index (κ3) is 2.92. The summed E-state index contributed by atoms with van der Waals surface area (Å²) in [7, 11) is 0. The highest BCUT2D eigenvalue weighted by atomic mass is 35.5. The van der Waals surface area contributed by atoms with E-state index in [-0.39, 0.29) is 0 Å². The molecule has 0 amide bonds. The zero-order chi connectivity index (χ0) is 13.1. The highest BCUT2D eigenvalue weighted by molar-refractivity contribution is 6.30. The zero-order valence-corrected chi connectivity index (χ0v) is 11.6. The minimum atomic E-state index is 0.308. The lowest BCUT2D eigenvalue weighted by Crippen LogP contribution is -1.98. The van der Waals surface area contributed by atoms with Crippen LogP contribution in [0.15, 0.2) is 24.4 Å². The Kier molecular flexibility index (Phi) is 4.04. The molecular weight excluding hydrogens is 271 g/mol. The van der Waals surface area contributed by atoms with E-state index in [0.29, 0.717) is 28.4 Å². The molecule has 0 aliphatic heterocycles. The monoisotopic (exact) mass is 282 g/mol. The van der Waals surface area contributed by atoms with Crippen molar-refractivity contribution < 1.29 is 4.74 Å². The Bertz CT molecular complexity index is 573. The van der Waals surface area contributed by atoms with Gasteiger partial charge in [0.05, 0.1) is 5.88 Å². The number of ether oxygens (including phenoxy) is 1. The molecule has 0 unspecified atom stereocenters. The van der Waals surface area contributed by atoms with Crippen molar-refractivity contribution in [1.82, 2.24) is 9.97 Å². The van der Waals surface area contributed by atoms with Crippen LogP contribution in [0.1, 0.15) is 17.0 Å². The number of benzene rings is 1. The number of aryl methyl sites for hydroxylation is 2. The lowest BCUT2D eigenvalue weighted by Gasteiger charge is -2.11. The first-order valence-electron chi connectivity index (χ1n) is 5.42. The van der Waals surface area contributed by atoms with Gasteiger partial charge in [-0.15, -0.1) is 11.6 Å². The summed E-state index contributed by atoms with van der Waals surface area (Å²) in [5.74, 6) is 2.15. The van der Waals surface area contributed by atoms with Gasteiger partial charge in [0.1, 0.15) is 11.6 Å². The Labute approximate surface area is 116 Å². The van der Waals surface area contributed by atoms with Crippen LogP contribution in [0.4, 0.5) is 0 Å². The number of nitrogens with zero attached hydrogens (tertiary/aromatic N) is 2. The number of aromatic nitrogens is 2. The average Bonchev–Trinajstić information content (AvgIpc) is 2.33. The Morgan fingerprint density at radius 3 is 2.72 bits per heavy atom. The van der Waals surface area contributed by atoms with Crippen LogP contribution in [-0.2, 0) is 5.88 Å². The van der Waals surface area contributed by atoms with Crippen LogP contribution in [0.2, 0.25) is 5.02 Å². The van der Waals surface area contributed by atoms with Gasteiger partial charge in [0.15, 0.2) is 0 Å². The summed E-state index contributed by atoms with van der Waals surface area (Å²) in [5.41, 5.74) is 1.70. The fourth-order valence-electron chi connectivity index (χ4n) is 1.49. The summed E-state index contributed by atoms with van der Waals surface area (Å²) < 4.78 is 5.77. The van der Waals surface area contributed by atoms with E-state index in [0.717, 1.165) is 11.1 Å². The number of hydrogen-bond donors (Lipinski definition) is 0. The van der Waals surface area contributed by atoms with Crippen molar-refractivity contribution in [1.29, 1.82) is 0 Å². The lowest BCUT2D eigenvalue weighted by atomic mass is 10.2. The van der Waals surface area contributed by atoms with Gasteiger partial charge >= 0.3 is 0 Å². The molecule has 5 heteroatoms. The van der Waals surface area contributed by atoms with Gasteiger partial charge in [-0.1, -0.05) is 11.6 Å². The molecule has 18 heavy (non-hydrogen) atoms. The van der Waals surface area contributed by atoms with Crippen LogP contribution in [0, 0.1) is 13.8 Å². The van der Waals surface area contributed by atoms with Gasteiger partial charge in [-0.25, -0.2) is 4.98 Å². The van der Waals surface area contributed by atoms with Crippen LogP contribution in [0.5, 0.6) is 11.6 Å². The summed E-state index contributed by atoms with van der Waals surface area (Å²) in [6.45, 7) is 3.73. The van der Waals surface area contributed by atoms with Crippen molar-refractivity contribution >= 4 is 23.2 Å². The zero-order valence-electron chi connectivity index (χ0n) is 10.1. The van der Waals surface area contributed by atoms with E-state index in [1.54, 1.807) is 19.2 Å². The van der Waals surface area contributed by atoms with Gasteiger partial charge in [0, 0.05) is 16.8 Å². The Morgan fingerprint density at radius 2 is 2.06 bits per heavy atom. The van der Waals surface area contributed by atoms with Crippen LogP contribution in [0.25, 0.3) is 0 Å². The first kappa shape index (κ1) is 13.1. The summed E-state index contributed by atoms with van der Waals surface area (Å²) >= 11 is 11.7. The molecule has 0 saturated carbocycles. The molecular formula is C13H12Cl2N2O. The molecule has 0 saturated heterocycles. The molecule has 0 spiro atoms. The quantitative estimate of drug-likeness (QED) is 0.789. The van der Waals surface area contributed by atoms with Crippen LogP contribution >= 0.6 is 23.2 Å². The first-order valence-corrected chi connectivity index (χ1v) is 6.34. The third-order valence-electron chi connectivity index (χ3n) is 2.43. The van der Waals surface area contributed by atoms with Gasteiger partial charge in [-0.05, 0) is 37.6 Å². The minimum Gasteiger partial charge on any atom is -0.438 e. The van der Waals surface area contributed by atoms with E-state index in [1.807, 2.05) is 19.1 Å². The van der Waals surface area contributed by atoms with Crippen molar-refractivity contribution in [2.45, 2.75) is 19.7 Å². The molecule has 0 bridgehead atoms. The van der Waals surface area contributed by atoms with E-state index < -0.39 is 0 Å². The molecule has 2 rings (SSSR count). The van der Waals surface area contributed by atoms with Crippen molar-refractivity contribution in [3.63, 3.8) is 0 Å². The van der Waals surface area contributed by atoms with E-state index in [4.69, 9.17) is 27.9 Å². The van der Waals surface area contributed by atoms with Crippen molar-refractivity contribution in [3.8, 4) is 11.6 Å². The highest BCUT2D eigenvalue weighted by Crippen LogP contribution is 2.28. The van der Waals surface area contributed by atoms with Gasteiger partial charge in [-0.3, -0.25) is 0 Å². The number of rotatable bonds is 3. The predicted molar refractivity (Wildman–Crippen MR) is 72.6 cm³/mol. The molecule has 0 atom stereocenters. The summed E-state index contributed by atoms with van der Waals surface area (Å²) in [6.07, 6.45) is 1.68. The van der Waals surface area contributed by atoms with Gasteiger partial charge in [0.25, 0.3) is 0 Å². The van der Waals surface area contributed by atoms with Gasteiger partial charge in [-0.2, -0.15) is 4.98 Å². The van der Waals surface area contributed by atoms with Crippen molar-refractivity contribution in [2.75, 3.05) is 0 Å². The molecule has 0 aliphatic rings. The third-order valence-corrected chi connectivity index (χ3v) is 2.96. The fourth-order valence-corrected chi connectivity index (χ4v) is 1.90. The summed E-state index contributed by atoms with van der Waals surface area (Å²) in [4.78, 5) is 8.34. The second-order valence-electron chi connectivity index (χ2n) is 3.89. The van der Waals surface area contributed by atoms with E-state index in [9.17, 15) is 0 Å². The molecule has 0 aliphatic carbocycles. The highest BCUT2D eigenvalue weighted by Gasteiger charge is 2.09. The molecule has 0 fully saturated rings. The number of halogens is 2. The molecule has 0 radical (unpaired) electrons. The number of hydrogen-bond acceptors (Lipinski definition) is 3. The maximum Gasteiger partial charge on any atom is 0.226 e. The number of alkyl halides is 1. The minimum absolute atomic E-state index is 0.308. The Balaban J connectivity index is 2.36. The van der Waals surface area contributed by atoms with Crippen LogP contribution < -0.4 is 4.74 Å². The largest absolute Gasteiger partial charge is 0.438 e. The molecule has 1 aromatic carbocycles. The smallest absolute Gasteiger partial charge is 0.226 e. The Hall–Kier alpha value is -1.32. The SMILES string of the molecule is Cc1ncc(CCl)c(Oc2ccc(Cl)cc2C)n1. The molecule has 0 N–H and O–H groups in total. The van der Waals surface area contributed by atoms with Crippen LogP contribution in [-0.4, -0.2) is 9.97 Å². The molecule has 1 heterocycles. The first-order chi connectivity index (χ1) is 8.60. The topological polar surface area (TPSA) is 35.0 Å². The van der Waals surface area contributed by atoms with E-state index in [1.165, 1.54) is 0 Å². The molecule has 3 nitrogen and oxygen atoms in total. The van der Waals surface area contributed by atoms with E-state index in [2.05, 4.69) is 9.97 Å². The second kappa shape index (κ2) is 5.55. The maximum absolute atomic E-state index is 5.90. The normalized spacial score (nSPS) is 10.4. The molecule has 94 valence electrons. The molecule has 2 aromatic rings.